The van der Waals surface area contributed by atoms with Crippen LogP contribution >= 0.6 is 11.6 Å². The number of H-pyrrole nitrogens is 1. The maximum atomic E-state index is 14.2. The first-order valence-corrected chi connectivity index (χ1v) is 11.3. The van der Waals surface area contributed by atoms with Crippen molar-refractivity contribution in [2.75, 3.05) is 6.54 Å². The van der Waals surface area contributed by atoms with Crippen LogP contribution in [0.5, 0.6) is 0 Å². The Labute approximate surface area is 218 Å². The quantitative estimate of drug-likeness (QED) is 0.195. The SMILES string of the molecule is Cc1oc(=O)oc1COC(=O)C(O)CN(Cc1ccc(-c2cc(Cl)ccc2F)cc1)NC(=O)c1nn[nH]n1. The van der Waals surface area contributed by atoms with Gasteiger partial charge in [0, 0.05) is 17.1 Å². The van der Waals surface area contributed by atoms with E-state index in [2.05, 4.69) is 30.5 Å². The average molecular weight is 547 g/mol. The van der Waals surface area contributed by atoms with Crippen molar-refractivity contribution in [3.05, 3.63) is 86.8 Å². The maximum absolute atomic E-state index is 14.2. The third kappa shape index (κ3) is 6.67. The van der Waals surface area contributed by atoms with Crippen molar-refractivity contribution in [1.29, 1.82) is 0 Å². The van der Waals surface area contributed by atoms with Crippen LogP contribution in [0.4, 0.5) is 4.39 Å². The van der Waals surface area contributed by atoms with Crippen molar-refractivity contribution in [1.82, 2.24) is 31.1 Å². The van der Waals surface area contributed by atoms with Crippen LogP contribution in [0.15, 0.2) is 56.1 Å². The van der Waals surface area contributed by atoms with Gasteiger partial charge in [0.2, 0.25) is 0 Å². The number of amides is 1. The van der Waals surface area contributed by atoms with Crippen LogP contribution in [0.25, 0.3) is 11.1 Å². The number of nitrogens with zero attached hydrogens (tertiary/aromatic N) is 4. The van der Waals surface area contributed by atoms with Crippen LogP contribution < -0.4 is 11.2 Å². The van der Waals surface area contributed by atoms with Gasteiger partial charge in [0.1, 0.15) is 5.82 Å². The number of hydrazine groups is 1. The number of aliphatic hydroxyl groups excluding tert-OH is 1. The molecule has 198 valence electrons. The van der Waals surface area contributed by atoms with Crippen LogP contribution in [0, 0.1) is 12.7 Å². The summed E-state index contributed by atoms with van der Waals surface area (Å²) >= 11 is 5.98. The average Bonchev–Trinajstić information content (AvgIpc) is 3.54. The summed E-state index contributed by atoms with van der Waals surface area (Å²) in [6, 6.07) is 10.9. The Hall–Kier alpha value is -4.40. The summed E-state index contributed by atoms with van der Waals surface area (Å²) in [6.07, 6.45) is -1.71. The molecule has 1 unspecified atom stereocenters. The summed E-state index contributed by atoms with van der Waals surface area (Å²) in [4.78, 5) is 36.0. The second-order valence-electron chi connectivity index (χ2n) is 7.93. The molecule has 4 aromatic rings. The number of rotatable bonds is 10. The predicted molar refractivity (Wildman–Crippen MR) is 127 cm³/mol. The number of carbonyl (C=O) groups is 2. The van der Waals surface area contributed by atoms with Crippen molar-refractivity contribution in [2.24, 2.45) is 0 Å². The number of carbonyl (C=O) groups excluding carboxylic acids is 2. The Kier molecular flexibility index (Phi) is 8.25. The number of aliphatic hydroxyl groups is 1. The molecule has 13 nitrogen and oxygen atoms in total. The summed E-state index contributed by atoms with van der Waals surface area (Å²) in [7, 11) is 0. The minimum Gasteiger partial charge on any atom is -0.455 e. The zero-order valence-corrected chi connectivity index (χ0v) is 20.4. The van der Waals surface area contributed by atoms with Crippen molar-refractivity contribution >= 4 is 23.5 Å². The molecule has 2 aromatic carbocycles. The topological polar surface area (TPSA) is 177 Å². The highest BCUT2D eigenvalue weighted by Crippen LogP contribution is 2.26. The lowest BCUT2D eigenvalue weighted by atomic mass is 10.0. The van der Waals surface area contributed by atoms with Gasteiger partial charge in [-0.25, -0.2) is 19.0 Å². The number of tetrazole rings is 1. The largest absolute Gasteiger partial charge is 0.519 e. The normalized spacial score (nSPS) is 11.9. The van der Waals surface area contributed by atoms with Crippen LogP contribution in [0.1, 0.15) is 27.7 Å². The second-order valence-corrected chi connectivity index (χ2v) is 8.37. The van der Waals surface area contributed by atoms with Gasteiger partial charge in [-0.1, -0.05) is 35.9 Å². The van der Waals surface area contributed by atoms with E-state index in [4.69, 9.17) is 20.8 Å². The van der Waals surface area contributed by atoms with Gasteiger partial charge in [-0.2, -0.15) is 5.21 Å². The standard InChI is InChI=1S/C23H20ClFN6O7/c1-12-19(38-23(35)37-12)11-36-22(34)18(32)10-31(28-21(33)20-26-29-30-27-20)9-13-2-4-14(5-3-13)16-8-15(24)6-7-17(16)25/h2-8,18,32H,9-11H2,1H3,(H,28,33)(H,26,27,29,30). The number of esters is 1. The molecule has 4 rings (SSSR count). The van der Waals surface area contributed by atoms with Gasteiger partial charge >= 0.3 is 17.7 Å². The first-order valence-electron chi connectivity index (χ1n) is 11.0. The Bertz CT molecular complexity index is 1470. The molecule has 0 aliphatic carbocycles. The second kappa shape index (κ2) is 11.8. The Balaban J connectivity index is 1.45. The first-order chi connectivity index (χ1) is 18.2. The van der Waals surface area contributed by atoms with E-state index in [0.29, 0.717) is 21.7 Å². The molecule has 0 saturated carbocycles. The molecule has 0 bridgehead atoms. The molecule has 2 heterocycles. The molecular formula is C23H20ClFN6O7. The lowest BCUT2D eigenvalue weighted by Crippen LogP contribution is -2.47. The number of hydrogen-bond donors (Lipinski definition) is 3. The summed E-state index contributed by atoms with van der Waals surface area (Å²) < 4.78 is 28.7. The van der Waals surface area contributed by atoms with Gasteiger partial charge in [0.15, 0.2) is 24.2 Å². The number of aromatic nitrogens is 4. The molecular weight excluding hydrogens is 527 g/mol. The van der Waals surface area contributed by atoms with Crippen LogP contribution in [-0.2, 0) is 22.7 Å². The number of hydrogen-bond acceptors (Lipinski definition) is 11. The molecule has 2 aromatic heterocycles. The van der Waals surface area contributed by atoms with E-state index in [1.54, 1.807) is 24.3 Å². The zero-order chi connectivity index (χ0) is 27.2. The Morgan fingerprint density at radius 1 is 1.24 bits per heavy atom. The highest BCUT2D eigenvalue weighted by molar-refractivity contribution is 6.30. The maximum Gasteiger partial charge on any atom is 0.519 e. The minimum absolute atomic E-state index is 0.00551. The fourth-order valence-corrected chi connectivity index (χ4v) is 3.52. The summed E-state index contributed by atoms with van der Waals surface area (Å²) in [5.74, 6) is -3.34. The minimum atomic E-state index is -1.71. The number of aromatic amines is 1. The summed E-state index contributed by atoms with van der Waals surface area (Å²) in [6.45, 7) is 0.624. The van der Waals surface area contributed by atoms with E-state index < -0.39 is 42.8 Å². The van der Waals surface area contributed by atoms with Crippen LogP contribution in [0.2, 0.25) is 5.02 Å². The fraction of sp³-hybridized carbons (Fsp3) is 0.217. The van der Waals surface area contributed by atoms with Crippen molar-refractivity contribution in [3.63, 3.8) is 0 Å². The molecule has 1 amide bonds. The predicted octanol–water partition coefficient (Wildman–Crippen LogP) is 1.77. The van der Waals surface area contributed by atoms with Gasteiger partial charge in [-0.3, -0.25) is 10.2 Å². The van der Waals surface area contributed by atoms with Crippen molar-refractivity contribution in [2.45, 2.75) is 26.2 Å². The van der Waals surface area contributed by atoms with E-state index in [9.17, 15) is 23.9 Å². The van der Waals surface area contributed by atoms with Crippen LogP contribution in [0.3, 0.4) is 0 Å². The fourth-order valence-electron chi connectivity index (χ4n) is 3.35. The number of nitrogens with one attached hydrogen (secondary N) is 2. The molecule has 1 atom stereocenters. The highest BCUT2D eigenvalue weighted by atomic mass is 35.5. The summed E-state index contributed by atoms with van der Waals surface area (Å²) in [5.41, 5.74) is 4.02. The van der Waals surface area contributed by atoms with Crippen molar-refractivity contribution in [3.8, 4) is 11.1 Å². The lowest BCUT2D eigenvalue weighted by molar-refractivity contribution is -0.157. The van der Waals surface area contributed by atoms with E-state index in [1.165, 1.54) is 30.1 Å². The van der Waals surface area contributed by atoms with Gasteiger partial charge in [0.25, 0.3) is 5.82 Å². The smallest absolute Gasteiger partial charge is 0.455 e. The molecule has 0 fully saturated rings. The molecule has 3 N–H and O–H groups in total. The number of aryl methyl sites for hydroxylation is 1. The van der Waals surface area contributed by atoms with Gasteiger partial charge in [-0.05, 0) is 41.5 Å². The lowest BCUT2D eigenvalue weighted by Gasteiger charge is -2.24. The van der Waals surface area contributed by atoms with E-state index in [-0.39, 0.29) is 23.9 Å². The number of benzene rings is 2. The molecule has 0 aliphatic rings. The third-order valence-corrected chi connectivity index (χ3v) is 5.46. The number of ether oxygens (including phenoxy) is 1. The molecule has 0 spiro atoms. The monoisotopic (exact) mass is 546 g/mol. The number of halogens is 2. The van der Waals surface area contributed by atoms with Gasteiger partial charge < -0.3 is 18.7 Å². The van der Waals surface area contributed by atoms with E-state index >= 15 is 0 Å². The van der Waals surface area contributed by atoms with Gasteiger partial charge in [-0.15, -0.1) is 10.2 Å². The first kappa shape index (κ1) is 26.7. The van der Waals surface area contributed by atoms with Gasteiger partial charge in [0.05, 0.1) is 6.54 Å². The Morgan fingerprint density at radius 2 is 2.00 bits per heavy atom. The highest BCUT2D eigenvalue weighted by Gasteiger charge is 2.24. The third-order valence-electron chi connectivity index (χ3n) is 5.22. The zero-order valence-electron chi connectivity index (χ0n) is 19.7. The van der Waals surface area contributed by atoms with Crippen molar-refractivity contribution < 1.29 is 32.7 Å². The van der Waals surface area contributed by atoms with E-state index in [0.717, 1.165) is 0 Å². The molecule has 0 aliphatic heterocycles. The molecule has 38 heavy (non-hydrogen) atoms. The molecule has 15 heteroatoms. The molecule has 0 radical (unpaired) electrons. The van der Waals surface area contributed by atoms with E-state index in [1.807, 2.05) is 0 Å². The Morgan fingerprint density at radius 3 is 2.66 bits per heavy atom. The molecule has 0 saturated heterocycles. The summed E-state index contributed by atoms with van der Waals surface area (Å²) in [5, 5.41) is 24.7. The van der Waals surface area contributed by atoms with Crippen LogP contribution in [-0.4, -0.2) is 55.3 Å².